The summed E-state index contributed by atoms with van der Waals surface area (Å²) in [5.41, 5.74) is 7.97. The number of nitrogens with two attached hydrogens (primary N) is 1. The molecule has 0 fully saturated rings. The Labute approximate surface area is 179 Å². The number of benzene rings is 2. The average Bonchev–Trinajstić information content (AvgIpc) is 3.31. The van der Waals surface area contributed by atoms with Crippen molar-refractivity contribution >= 4 is 21.6 Å². The first-order valence-electron chi connectivity index (χ1n) is 10.5. The summed E-state index contributed by atoms with van der Waals surface area (Å²) in [5.74, 6) is 0.0493. The van der Waals surface area contributed by atoms with Gasteiger partial charge in [0.2, 0.25) is 0 Å². The summed E-state index contributed by atoms with van der Waals surface area (Å²) in [6, 6.07) is 9.47. The molecule has 160 valence electrons. The summed E-state index contributed by atoms with van der Waals surface area (Å²) in [7, 11) is 0.854. The van der Waals surface area contributed by atoms with E-state index in [-0.39, 0.29) is 5.75 Å². The number of hydrogen-bond donors (Lipinski definition) is 2. The maximum Gasteiger partial charge on any atom is 0.354 e. The van der Waals surface area contributed by atoms with Crippen molar-refractivity contribution in [2.75, 3.05) is 19.4 Å². The van der Waals surface area contributed by atoms with Gasteiger partial charge in [0.25, 0.3) is 0 Å². The molecule has 1 atom stereocenters. The second-order valence-corrected chi connectivity index (χ2v) is 10.5. The quantitative estimate of drug-likeness (QED) is 0.762. The zero-order valence-electron chi connectivity index (χ0n) is 17.7. The summed E-state index contributed by atoms with van der Waals surface area (Å²) < 4.78 is 16.7. The Bertz CT molecular complexity index is 1050. The molecule has 2 aromatic carbocycles. The van der Waals surface area contributed by atoms with Gasteiger partial charge in [-0.1, -0.05) is 30.3 Å². The largest absolute Gasteiger partial charge is 0.354 e. The van der Waals surface area contributed by atoms with Crippen molar-refractivity contribution < 1.29 is 9.00 Å². The molecule has 6 nitrogen and oxygen atoms in total. The number of fused-ring (bicyclic) bond motifs is 2. The minimum atomic E-state index is -3.17. The molecule has 2 aromatic rings. The second kappa shape index (κ2) is 8.49. The van der Waals surface area contributed by atoms with Gasteiger partial charge in [0.1, 0.15) is 9.92 Å². The zero-order chi connectivity index (χ0) is 21.3. The Kier molecular flexibility index (Phi) is 5.95. The molecule has 2 amide bonds. The van der Waals surface area contributed by atoms with Crippen molar-refractivity contribution in [2.24, 2.45) is 9.50 Å². The molecule has 0 saturated carbocycles. The first-order valence-corrected chi connectivity index (χ1v) is 12.3. The average molecular weight is 427 g/mol. The third-order valence-corrected chi connectivity index (χ3v) is 7.06. The fourth-order valence-electron chi connectivity index (χ4n) is 4.61. The van der Waals surface area contributed by atoms with Crippen LogP contribution in [-0.4, -0.2) is 29.2 Å². The molecule has 0 spiro atoms. The number of carbonyl (C=O) groups is 1. The van der Waals surface area contributed by atoms with Gasteiger partial charge in [-0.3, -0.25) is 0 Å². The van der Waals surface area contributed by atoms with Gasteiger partial charge < -0.3 is 10.2 Å². The van der Waals surface area contributed by atoms with Crippen molar-refractivity contribution in [2.45, 2.75) is 50.8 Å². The van der Waals surface area contributed by atoms with Crippen LogP contribution in [0.25, 0.3) is 0 Å². The molecule has 0 saturated heterocycles. The summed E-state index contributed by atoms with van der Waals surface area (Å²) in [5, 5.41) is 8.88. The van der Waals surface area contributed by atoms with Crippen molar-refractivity contribution in [3.05, 3.63) is 63.7 Å². The Morgan fingerprint density at radius 1 is 1.03 bits per heavy atom. The molecule has 2 aliphatic carbocycles. The van der Waals surface area contributed by atoms with Gasteiger partial charge in [-0.2, -0.15) is 0 Å². The Morgan fingerprint density at radius 2 is 1.60 bits per heavy atom. The number of aryl methyl sites for hydroxylation is 2. The molecule has 0 unspecified atom stereocenters. The lowest BCUT2D eigenvalue weighted by Crippen LogP contribution is -2.20. The number of anilines is 1. The highest BCUT2D eigenvalue weighted by atomic mass is 32.2. The number of urea groups is 1. The van der Waals surface area contributed by atoms with E-state index >= 15 is 0 Å². The summed E-state index contributed by atoms with van der Waals surface area (Å²) >= 11 is 0. The van der Waals surface area contributed by atoms with Crippen LogP contribution in [0.4, 0.5) is 10.5 Å². The monoisotopic (exact) mass is 426 g/mol. The predicted octanol–water partition coefficient (Wildman–Crippen LogP) is 3.80. The number of nitrogens with zero attached hydrogens (tertiary/aromatic N) is 2. The van der Waals surface area contributed by atoms with E-state index in [4.69, 9.17) is 5.14 Å². The third-order valence-electron chi connectivity index (χ3n) is 5.84. The number of rotatable bonds is 5. The first kappa shape index (κ1) is 21.0. The van der Waals surface area contributed by atoms with Crippen molar-refractivity contribution in [3.8, 4) is 0 Å². The Hall–Kier alpha value is -2.22. The van der Waals surface area contributed by atoms with Crippen LogP contribution in [0, 0.1) is 0 Å². The number of amides is 2. The first-order chi connectivity index (χ1) is 14.3. The van der Waals surface area contributed by atoms with Gasteiger partial charge in [0.05, 0.1) is 5.75 Å². The molecule has 0 bridgehead atoms. The molecule has 4 rings (SSSR count). The lowest BCUT2D eigenvalue weighted by atomic mass is 9.99. The highest BCUT2D eigenvalue weighted by Gasteiger charge is 2.25. The van der Waals surface area contributed by atoms with Crippen molar-refractivity contribution in [3.63, 3.8) is 0 Å². The number of nitrogens with one attached hydrogen (secondary N) is 1. The lowest BCUT2D eigenvalue weighted by molar-refractivity contribution is 0.260. The van der Waals surface area contributed by atoms with E-state index in [1.807, 2.05) is 38.4 Å². The maximum atomic E-state index is 12.8. The fourth-order valence-corrected chi connectivity index (χ4v) is 5.68. The van der Waals surface area contributed by atoms with Gasteiger partial charge in [-0.15, -0.1) is 4.36 Å². The van der Waals surface area contributed by atoms with Crippen molar-refractivity contribution in [1.82, 2.24) is 4.90 Å². The molecule has 7 heteroatoms. The number of carbonyl (C=O) groups excluding carboxylic acids is 1. The highest BCUT2D eigenvalue weighted by Crippen LogP contribution is 2.38. The molecule has 0 heterocycles. The van der Waals surface area contributed by atoms with E-state index in [1.165, 1.54) is 22.3 Å². The van der Waals surface area contributed by atoms with Crippen LogP contribution in [0.5, 0.6) is 0 Å². The van der Waals surface area contributed by atoms with E-state index in [1.54, 1.807) is 0 Å². The predicted molar refractivity (Wildman–Crippen MR) is 122 cm³/mol. The van der Waals surface area contributed by atoms with Crippen LogP contribution in [-0.2, 0) is 47.9 Å². The zero-order valence-corrected chi connectivity index (χ0v) is 18.6. The molecule has 30 heavy (non-hydrogen) atoms. The highest BCUT2D eigenvalue weighted by molar-refractivity contribution is 7.90. The normalized spacial score (nSPS) is 16.8. The maximum absolute atomic E-state index is 12.8. The van der Waals surface area contributed by atoms with Gasteiger partial charge >= 0.3 is 6.03 Å². The van der Waals surface area contributed by atoms with E-state index in [2.05, 4.69) is 20.6 Å². The molecule has 2 aliphatic rings. The van der Waals surface area contributed by atoms with Crippen molar-refractivity contribution in [1.29, 1.82) is 0 Å². The fraction of sp³-hybridized carbons (Fsp3) is 0.435. The van der Waals surface area contributed by atoms with Gasteiger partial charge in [0.15, 0.2) is 0 Å². The van der Waals surface area contributed by atoms with Crippen LogP contribution in [0.2, 0.25) is 0 Å². The molecular formula is C23H30N4O2S. The third kappa shape index (κ3) is 4.74. The number of hydrogen-bond acceptors (Lipinski definition) is 3. The van der Waals surface area contributed by atoms with E-state index in [0.29, 0.717) is 0 Å². The smallest absolute Gasteiger partial charge is 0.305 e. The SMILES string of the molecule is CN(C)Cc1ccc(C[S@](N)(=O)=NC(=O)Nc2c3c(cc4c2CCC4)CCC3)cc1. The van der Waals surface area contributed by atoms with Gasteiger partial charge in [-0.05, 0) is 86.0 Å². The topological polar surface area (TPSA) is 87.8 Å². The van der Waals surface area contributed by atoms with Crippen LogP contribution < -0.4 is 10.5 Å². The van der Waals surface area contributed by atoms with E-state index < -0.39 is 15.9 Å². The molecular weight excluding hydrogens is 396 g/mol. The standard InChI is InChI=1S/C23H30N4O2S/c1-27(2)14-16-9-11-17(12-10-16)15-30(24,29)26-23(28)25-22-20-7-3-5-18(20)13-19-6-4-8-21(19)22/h9-13H,3-8,14-15H2,1-2H3,(H3,24,25,26,28,29)/t30-/m1/s1. The van der Waals surface area contributed by atoms with E-state index in [0.717, 1.165) is 61.9 Å². The summed E-state index contributed by atoms with van der Waals surface area (Å²) in [6.45, 7) is 0.830. The van der Waals surface area contributed by atoms with Crippen LogP contribution in [0.1, 0.15) is 46.2 Å². The van der Waals surface area contributed by atoms with Gasteiger partial charge in [0, 0.05) is 12.2 Å². The van der Waals surface area contributed by atoms with E-state index in [9.17, 15) is 9.00 Å². The Balaban J connectivity index is 1.51. The lowest BCUT2D eigenvalue weighted by Gasteiger charge is -2.15. The van der Waals surface area contributed by atoms with Crippen LogP contribution >= 0.6 is 0 Å². The minimum absolute atomic E-state index is 0.0493. The molecule has 0 aromatic heterocycles. The van der Waals surface area contributed by atoms with Gasteiger partial charge in [-0.25, -0.2) is 14.1 Å². The summed E-state index contributed by atoms with van der Waals surface area (Å²) in [6.07, 6.45) is 6.26. The molecule has 0 radical (unpaired) electrons. The minimum Gasteiger partial charge on any atom is -0.305 e. The molecule has 0 aliphatic heterocycles. The summed E-state index contributed by atoms with van der Waals surface area (Å²) in [4.78, 5) is 14.7. The second-order valence-electron chi connectivity index (χ2n) is 8.64. The van der Waals surface area contributed by atoms with Crippen LogP contribution in [0.3, 0.4) is 0 Å². The van der Waals surface area contributed by atoms with Crippen LogP contribution in [0.15, 0.2) is 34.7 Å². The Morgan fingerprint density at radius 3 is 2.17 bits per heavy atom. The molecule has 3 N–H and O–H groups in total.